The molecule has 4 nitrogen and oxygen atoms in total. The molecule has 1 aliphatic heterocycles. The van der Waals surface area contributed by atoms with Gasteiger partial charge in [-0.25, -0.2) is 22.0 Å². The van der Waals surface area contributed by atoms with Gasteiger partial charge in [0.15, 0.2) is 34.8 Å². The van der Waals surface area contributed by atoms with Gasteiger partial charge in [-0.05, 0) is 12.1 Å². The molecule has 0 aliphatic carbocycles. The highest BCUT2D eigenvalue weighted by Crippen LogP contribution is 2.34. The maximum Gasteiger partial charge on any atom is 0.231 e. The quantitative estimate of drug-likeness (QED) is 0.528. The fourth-order valence-electron chi connectivity index (χ4n) is 2.15. The van der Waals surface area contributed by atoms with Crippen LogP contribution in [-0.4, -0.2) is 12.7 Å². The fraction of sp³-hybridized carbons (Fsp3) is 0.133. The van der Waals surface area contributed by atoms with Crippen LogP contribution in [0.3, 0.4) is 0 Å². The van der Waals surface area contributed by atoms with E-state index < -0.39 is 47.0 Å². The molecule has 0 unspecified atom stereocenters. The standard InChI is InChI=1S/C15H8F5NO3/c16-11-7(12(17)14(19)15(20)13(11)18)4-10(22)21-6-1-2-8-9(3-6)24-5-23-8/h1-3H,4-5H2,(H,21,22). The third-order valence-electron chi connectivity index (χ3n) is 3.29. The minimum absolute atomic E-state index is 0.0112. The van der Waals surface area contributed by atoms with Crippen LogP contribution in [0.25, 0.3) is 0 Å². The largest absolute Gasteiger partial charge is 0.454 e. The smallest absolute Gasteiger partial charge is 0.231 e. The molecular formula is C15H8F5NO3. The lowest BCUT2D eigenvalue weighted by Gasteiger charge is -2.09. The van der Waals surface area contributed by atoms with Crippen LogP contribution in [0.5, 0.6) is 11.5 Å². The Morgan fingerprint density at radius 2 is 1.50 bits per heavy atom. The molecule has 0 spiro atoms. The van der Waals surface area contributed by atoms with Crippen LogP contribution in [0.2, 0.25) is 0 Å². The summed E-state index contributed by atoms with van der Waals surface area (Å²) in [5.41, 5.74) is -0.988. The number of fused-ring (bicyclic) bond motifs is 1. The van der Waals surface area contributed by atoms with Crippen molar-refractivity contribution in [3.05, 3.63) is 52.8 Å². The van der Waals surface area contributed by atoms with E-state index in [1.807, 2.05) is 0 Å². The van der Waals surface area contributed by atoms with Crippen LogP contribution in [-0.2, 0) is 11.2 Å². The summed E-state index contributed by atoms with van der Waals surface area (Å²) in [4.78, 5) is 11.8. The van der Waals surface area contributed by atoms with Gasteiger partial charge in [-0.3, -0.25) is 4.79 Å². The zero-order chi connectivity index (χ0) is 17.4. The van der Waals surface area contributed by atoms with Crippen molar-refractivity contribution < 1.29 is 36.2 Å². The maximum absolute atomic E-state index is 13.5. The molecule has 24 heavy (non-hydrogen) atoms. The van der Waals surface area contributed by atoms with Crippen LogP contribution in [0.1, 0.15) is 5.56 Å². The van der Waals surface area contributed by atoms with Crippen LogP contribution in [0.15, 0.2) is 18.2 Å². The normalized spacial score (nSPS) is 12.4. The lowest BCUT2D eigenvalue weighted by molar-refractivity contribution is -0.115. The van der Waals surface area contributed by atoms with Crippen LogP contribution < -0.4 is 14.8 Å². The third-order valence-corrected chi connectivity index (χ3v) is 3.29. The Morgan fingerprint density at radius 1 is 0.917 bits per heavy atom. The number of carbonyl (C=O) groups is 1. The van der Waals surface area contributed by atoms with E-state index in [4.69, 9.17) is 9.47 Å². The lowest BCUT2D eigenvalue weighted by Crippen LogP contribution is -2.18. The molecule has 0 bridgehead atoms. The molecule has 9 heteroatoms. The van der Waals surface area contributed by atoms with Crippen molar-refractivity contribution in [2.24, 2.45) is 0 Å². The molecule has 1 N–H and O–H groups in total. The average molecular weight is 345 g/mol. The number of amides is 1. The van der Waals surface area contributed by atoms with Crippen molar-refractivity contribution in [2.45, 2.75) is 6.42 Å². The van der Waals surface area contributed by atoms with Gasteiger partial charge in [-0.2, -0.15) is 0 Å². The highest BCUT2D eigenvalue weighted by atomic mass is 19.2. The molecule has 0 saturated carbocycles. The Kier molecular flexibility index (Phi) is 4.00. The van der Waals surface area contributed by atoms with E-state index in [0.29, 0.717) is 11.5 Å². The van der Waals surface area contributed by atoms with Crippen molar-refractivity contribution in [1.82, 2.24) is 0 Å². The van der Waals surface area contributed by atoms with Gasteiger partial charge in [0.2, 0.25) is 18.5 Å². The van der Waals surface area contributed by atoms with Crippen LogP contribution in [0.4, 0.5) is 27.6 Å². The van der Waals surface area contributed by atoms with Crippen LogP contribution >= 0.6 is 0 Å². The van der Waals surface area contributed by atoms with E-state index in [9.17, 15) is 26.7 Å². The molecule has 0 aromatic heterocycles. The molecule has 0 atom stereocenters. The number of rotatable bonds is 3. The SMILES string of the molecule is O=C(Cc1c(F)c(F)c(F)c(F)c1F)Nc1ccc2c(c1)OCO2. The Morgan fingerprint density at radius 3 is 2.17 bits per heavy atom. The Bertz CT molecular complexity index is 811. The number of anilines is 1. The molecule has 1 aliphatic rings. The number of benzene rings is 2. The molecule has 0 radical (unpaired) electrons. The second-order valence-corrected chi connectivity index (χ2v) is 4.84. The predicted octanol–water partition coefficient (Wildman–Crippen LogP) is 3.29. The summed E-state index contributed by atoms with van der Waals surface area (Å²) < 4.78 is 76.4. The minimum Gasteiger partial charge on any atom is -0.454 e. The number of hydrogen-bond acceptors (Lipinski definition) is 3. The Labute approximate surface area is 131 Å². The number of nitrogens with one attached hydrogen (secondary N) is 1. The van der Waals surface area contributed by atoms with E-state index in [1.165, 1.54) is 18.2 Å². The highest BCUT2D eigenvalue weighted by molar-refractivity contribution is 5.92. The van der Waals surface area contributed by atoms with Gasteiger partial charge in [0.05, 0.1) is 6.42 Å². The van der Waals surface area contributed by atoms with E-state index >= 15 is 0 Å². The van der Waals surface area contributed by atoms with Crippen molar-refractivity contribution in [3.8, 4) is 11.5 Å². The summed E-state index contributed by atoms with van der Waals surface area (Å²) in [6, 6.07) is 4.33. The molecule has 2 aromatic rings. The second-order valence-electron chi connectivity index (χ2n) is 4.84. The molecule has 2 aromatic carbocycles. The molecule has 0 fully saturated rings. The predicted molar refractivity (Wildman–Crippen MR) is 71.1 cm³/mol. The molecule has 126 valence electrons. The number of ether oxygens (including phenoxy) is 2. The topological polar surface area (TPSA) is 47.6 Å². The van der Waals surface area contributed by atoms with E-state index in [-0.39, 0.29) is 12.5 Å². The molecule has 1 amide bonds. The number of hydrogen-bond donors (Lipinski definition) is 1. The van der Waals surface area contributed by atoms with E-state index in [0.717, 1.165) is 0 Å². The number of halogens is 5. The van der Waals surface area contributed by atoms with Gasteiger partial charge < -0.3 is 14.8 Å². The minimum atomic E-state index is -2.27. The van der Waals surface area contributed by atoms with Crippen molar-refractivity contribution in [1.29, 1.82) is 0 Å². The number of carbonyl (C=O) groups excluding carboxylic acids is 1. The Balaban J connectivity index is 1.81. The summed E-state index contributed by atoms with van der Waals surface area (Å²) in [5, 5.41) is 2.28. The summed E-state index contributed by atoms with van der Waals surface area (Å²) >= 11 is 0. The van der Waals surface area contributed by atoms with Crippen molar-refractivity contribution in [2.75, 3.05) is 12.1 Å². The maximum atomic E-state index is 13.5. The molecule has 0 saturated heterocycles. The molecular weight excluding hydrogens is 337 g/mol. The second kappa shape index (κ2) is 5.99. The van der Waals surface area contributed by atoms with Gasteiger partial charge in [-0.15, -0.1) is 0 Å². The van der Waals surface area contributed by atoms with E-state index in [1.54, 1.807) is 0 Å². The summed E-state index contributed by atoms with van der Waals surface area (Å²) in [6.07, 6.45) is -1.03. The van der Waals surface area contributed by atoms with Crippen molar-refractivity contribution >= 4 is 11.6 Å². The third kappa shape index (κ3) is 2.72. The molecule has 3 rings (SSSR count). The average Bonchev–Trinajstić information content (AvgIpc) is 3.03. The van der Waals surface area contributed by atoms with Crippen LogP contribution in [0, 0.1) is 29.1 Å². The van der Waals surface area contributed by atoms with Gasteiger partial charge in [0, 0.05) is 17.3 Å². The van der Waals surface area contributed by atoms with Gasteiger partial charge in [0.25, 0.3) is 0 Å². The van der Waals surface area contributed by atoms with Gasteiger partial charge in [-0.1, -0.05) is 0 Å². The van der Waals surface area contributed by atoms with Gasteiger partial charge in [0.1, 0.15) is 0 Å². The highest BCUT2D eigenvalue weighted by Gasteiger charge is 2.27. The van der Waals surface area contributed by atoms with Crippen molar-refractivity contribution in [3.63, 3.8) is 0 Å². The first-order valence-corrected chi connectivity index (χ1v) is 6.58. The summed E-state index contributed by atoms with van der Waals surface area (Å²) in [7, 11) is 0. The fourth-order valence-corrected chi connectivity index (χ4v) is 2.15. The first-order valence-electron chi connectivity index (χ1n) is 6.58. The first-order chi connectivity index (χ1) is 11.4. The van der Waals surface area contributed by atoms with E-state index in [2.05, 4.69) is 5.32 Å². The van der Waals surface area contributed by atoms with Gasteiger partial charge >= 0.3 is 0 Å². The zero-order valence-corrected chi connectivity index (χ0v) is 11.8. The lowest BCUT2D eigenvalue weighted by atomic mass is 10.1. The summed E-state index contributed by atoms with van der Waals surface area (Å²) in [6.45, 7) is 0.0112. The monoisotopic (exact) mass is 345 g/mol. The zero-order valence-electron chi connectivity index (χ0n) is 11.8. The Hall–Kier alpha value is -2.84. The first kappa shape index (κ1) is 16.0. The summed E-state index contributed by atoms with van der Waals surface area (Å²) in [5.74, 6) is -10.7. The molecule has 1 heterocycles.